The van der Waals surface area contributed by atoms with E-state index in [9.17, 15) is 0 Å². The predicted molar refractivity (Wildman–Crippen MR) is 105 cm³/mol. The molecule has 2 aromatic rings. The minimum atomic E-state index is 0.467. The summed E-state index contributed by atoms with van der Waals surface area (Å²) in [5, 5.41) is 7.53. The lowest BCUT2D eigenvalue weighted by Crippen LogP contribution is -2.21. The third-order valence-corrected chi connectivity index (χ3v) is 4.50. The monoisotopic (exact) mass is 410 g/mol. The molecule has 0 aliphatic carbocycles. The second-order valence-corrected chi connectivity index (χ2v) is 6.84. The predicted octanol–water partition coefficient (Wildman–Crippen LogP) is 4.77. The van der Waals surface area contributed by atoms with Crippen molar-refractivity contribution >= 4 is 27.5 Å². The Morgan fingerprint density at radius 1 is 1.04 bits per heavy atom. The van der Waals surface area contributed by atoms with Crippen LogP contribution in [-0.4, -0.2) is 19.6 Å². The second kappa shape index (κ2) is 10.7. The largest absolute Gasteiger partial charge is 0.489 e. The number of hydrogen-bond donors (Lipinski definition) is 2. The summed E-state index contributed by atoms with van der Waals surface area (Å²) in [6.07, 6.45) is 1.11. The first-order valence-corrected chi connectivity index (χ1v) is 9.44. The van der Waals surface area contributed by atoms with Crippen LogP contribution in [0.2, 0.25) is 5.02 Å². The average Bonchev–Trinajstić information content (AvgIpc) is 2.58. The third kappa shape index (κ3) is 6.44. The Morgan fingerprint density at radius 3 is 2.62 bits per heavy atom. The summed E-state index contributed by atoms with van der Waals surface area (Å²) in [5.41, 5.74) is 2.13. The van der Waals surface area contributed by atoms with Crippen LogP contribution >= 0.6 is 27.5 Å². The van der Waals surface area contributed by atoms with E-state index in [1.54, 1.807) is 0 Å². The highest BCUT2D eigenvalue weighted by Crippen LogP contribution is 2.25. The van der Waals surface area contributed by atoms with E-state index in [1.165, 1.54) is 0 Å². The highest BCUT2D eigenvalue weighted by Gasteiger charge is 2.06. The molecule has 0 fully saturated rings. The molecule has 0 saturated carbocycles. The van der Waals surface area contributed by atoms with Crippen molar-refractivity contribution < 1.29 is 4.74 Å². The van der Waals surface area contributed by atoms with Gasteiger partial charge in [-0.1, -0.05) is 52.7 Å². The molecule has 0 radical (unpaired) electrons. The lowest BCUT2D eigenvalue weighted by atomic mass is 10.2. The van der Waals surface area contributed by atoms with Gasteiger partial charge >= 0.3 is 0 Å². The zero-order valence-corrected chi connectivity index (χ0v) is 16.3. The maximum absolute atomic E-state index is 6.19. The Balaban J connectivity index is 1.91. The number of nitrogens with one attached hydrogen (secondary N) is 2. The second-order valence-electron chi connectivity index (χ2n) is 5.52. The molecule has 0 saturated heterocycles. The summed E-state index contributed by atoms with van der Waals surface area (Å²) in [4.78, 5) is 0. The molecule has 130 valence electrons. The van der Waals surface area contributed by atoms with Gasteiger partial charge in [-0.05, 0) is 50.3 Å². The average molecular weight is 412 g/mol. The lowest BCUT2D eigenvalue weighted by Gasteiger charge is -2.13. The van der Waals surface area contributed by atoms with Gasteiger partial charge in [0.15, 0.2) is 0 Å². The van der Waals surface area contributed by atoms with Crippen LogP contribution < -0.4 is 15.4 Å². The maximum Gasteiger partial charge on any atom is 0.124 e. The number of halogens is 2. The molecule has 0 spiro atoms. The van der Waals surface area contributed by atoms with Gasteiger partial charge in [-0.25, -0.2) is 0 Å². The molecule has 0 unspecified atom stereocenters. The number of rotatable bonds is 10. The van der Waals surface area contributed by atoms with Crippen LogP contribution in [0, 0.1) is 0 Å². The number of ether oxygens (including phenoxy) is 1. The molecular weight excluding hydrogens is 388 g/mol. The van der Waals surface area contributed by atoms with Crippen molar-refractivity contribution in [3.05, 3.63) is 63.1 Å². The molecule has 3 nitrogen and oxygen atoms in total. The normalized spacial score (nSPS) is 10.8. The van der Waals surface area contributed by atoms with E-state index >= 15 is 0 Å². The van der Waals surface area contributed by atoms with Gasteiger partial charge in [0.05, 0.1) is 0 Å². The molecule has 2 aromatic carbocycles. The summed E-state index contributed by atoms with van der Waals surface area (Å²) in [5.74, 6) is 0.886. The first-order valence-electron chi connectivity index (χ1n) is 8.26. The molecule has 0 bridgehead atoms. The van der Waals surface area contributed by atoms with Gasteiger partial charge < -0.3 is 15.4 Å². The number of benzene rings is 2. The fraction of sp³-hybridized carbons (Fsp3) is 0.368. The van der Waals surface area contributed by atoms with Crippen LogP contribution in [-0.2, 0) is 13.2 Å². The van der Waals surface area contributed by atoms with E-state index < -0.39 is 0 Å². The van der Waals surface area contributed by atoms with Crippen LogP contribution in [0.3, 0.4) is 0 Å². The maximum atomic E-state index is 6.19. The molecule has 24 heavy (non-hydrogen) atoms. The summed E-state index contributed by atoms with van der Waals surface area (Å²) in [6.45, 7) is 6.41. The first kappa shape index (κ1) is 19.3. The highest BCUT2D eigenvalue weighted by molar-refractivity contribution is 9.10. The van der Waals surface area contributed by atoms with Crippen molar-refractivity contribution in [2.75, 3.05) is 19.6 Å². The van der Waals surface area contributed by atoms with Crippen molar-refractivity contribution in [3.63, 3.8) is 0 Å². The van der Waals surface area contributed by atoms with Crippen LogP contribution in [0.1, 0.15) is 24.5 Å². The molecule has 2 N–H and O–H groups in total. The fourth-order valence-corrected chi connectivity index (χ4v) is 2.93. The Morgan fingerprint density at radius 2 is 1.83 bits per heavy atom. The van der Waals surface area contributed by atoms with E-state index in [-0.39, 0.29) is 0 Å². The van der Waals surface area contributed by atoms with Gasteiger partial charge in [0.2, 0.25) is 0 Å². The molecule has 0 heterocycles. The molecule has 0 aliphatic heterocycles. The van der Waals surface area contributed by atoms with Crippen LogP contribution in [0.5, 0.6) is 5.75 Å². The van der Waals surface area contributed by atoms with Crippen LogP contribution in [0.15, 0.2) is 46.9 Å². The molecule has 5 heteroatoms. The van der Waals surface area contributed by atoms with Crippen molar-refractivity contribution in [1.29, 1.82) is 0 Å². The molecule has 0 aliphatic rings. The third-order valence-electron chi connectivity index (χ3n) is 3.64. The number of hydrogen-bond acceptors (Lipinski definition) is 3. The van der Waals surface area contributed by atoms with E-state index in [0.717, 1.165) is 59.0 Å². The lowest BCUT2D eigenvalue weighted by molar-refractivity contribution is 0.302. The molecular formula is C19H24BrClN2O. The minimum absolute atomic E-state index is 0.467. The molecule has 0 amide bonds. The SMILES string of the molecule is CCNCCCNCc1cc(Br)ccc1OCc1ccccc1Cl. The smallest absolute Gasteiger partial charge is 0.124 e. The van der Waals surface area contributed by atoms with Gasteiger partial charge in [-0.3, -0.25) is 0 Å². The zero-order chi connectivity index (χ0) is 17.2. The quantitative estimate of drug-likeness (QED) is 0.552. The fourth-order valence-electron chi connectivity index (χ4n) is 2.34. The van der Waals surface area contributed by atoms with E-state index in [4.69, 9.17) is 16.3 Å². The Bertz CT molecular complexity index is 637. The molecule has 2 rings (SSSR count). The van der Waals surface area contributed by atoms with E-state index in [0.29, 0.717) is 6.61 Å². The van der Waals surface area contributed by atoms with Crippen molar-refractivity contribution in [1.82, 2.24) is 10.6 Å². The van der Waals surface area contributed by atoms with E-state index in [1.807, 2.05) is 36.4 Å². The standard InChI is InChI=1S/C19H24BrClN2O/c1-2-22-10-5-11-23-13-16-12-17(20)8-9-19(16)24-14-15-6-3-4-7-18(15)21/h3-4,6-9,12,22-23H,2,5,10-11,13-14H2,1H3. The van der Waals surface area contributed by atoms with Gasteiger partial charge in [0, 0.05) is 27.2 Å². The minimum Gasteiger partial charge on any atom is -0.489 e. The topological polar surface area (TPSA) is 33.3 Å². The van der Waals surface area contributed by atoms with Crippen molar-refractivity contribution in [2.24, 2.45) is 0 Å². The summed E-state index contributed by atoms with van der Waals surface area (Å²) >= 11 is 9.73. The van der Waals surface area contributed by atoms with Gasteiger partial charge in [0.25, 0.3) is 0 Å². The summed E-state index contributed by atoms with van der Waals surface area (Å²) in [7, 11) is 0. The zero-order valence-electron chi connectivity index (χ0n) is 13.9. The summed E-state index contributed by atoms with van der Waals surface area (Å²) in [6, 6.07) is 13.9. The highest BCUT2D eigenvalue weighted by atomic mass is 79.9. The van der Waals surface area contributed by atoms with Crippen LogP contribution in [0.4, 0.5) is 0 Å². The van der Waals surface area contributed by atoms with Gasteiger partial charge in [-0.2, -0.15) is 0 Å². The Labute approximate surface area is 157 Å². The first-order chi connectivity index (χ1) is 11.7. The van der Waals surface area contributed by atoms with Crippen LogP contribution in [0.25, 0.3) is 0 Å². The summed E-state index contributed by atoms with van der Waals surface area (Å²) < 4.78 is 7.05. The van der Waals surface area contributed by atoms with Gasteiger partial charge in [0.1, 0.15) is 12.4 Å². The van der Waals surface area contributed by atoms with Crippen molar-refractivity contribution in [3.8, 4) is 5.75 Å². The Hall–Kier alpha value is -1.07. The molecule has 0 atom stereocenters. The molecule has 0 aromatic heterocycles. The Kier molecular flexibility index (Phi) is 8.60. The van der Waals surface area contributed by atoms with Gasteiger partial charge in [-0.15, -0.1) is 0 Å². The van der Waals surface area contributed by atoms with Crippen molar-refractivity contribution in [2.45, 2.75) is 26.5 Å². The van der Waals surface area contributed by atoms with E-state index in [2.05, 4.69) is 39.6 Å².